The molecule has 0 saturated heterocycles. The first-order valence-electron chi connectivity index (χ1n) is 7.44. The van der Waals surface area contributed by atoms with Crippen LogP contribution in [0.3, 0.4) is 0 Å². The van der Waals surface area contributed by atoms with Crippen LogP contribution in [-0.2, 0) is 13.1 Å². The molecule has 2 aromatic carbocycles. The van der Waals surface area contributed by atoms with Gasteiger partial charge in [0.2, 0.25) is 0 Å². The number of carbonyl (C=O) groups excluding carboxylic acids is 1. The van der Waals surface area contributed by atoms with Crippen molar-refractivity contribution in [3.63, 3.8) is 0 Å². The lowest BCUT2D eigenvalue weighted by Gasteiger charge is -2.09. The summed E-state index contributed by atoms with van der Waals surface area (Å²) < 4.78 is 1.99. The highest BCUT2D eigenvalue weighted by atomic mass is 35.5. The summed E-state index contributed by atoms with van der Waals surface area (Å²) in [6.07, 6.45) is 3.59. The zero-order chi connectivity index (χ0) is 16.9. The summed E-state index contributed by atoms with van der Waals surface area (Å²) in [7, 11) is 0. The Bertz CT molecular complexity index is 846. The molecule has 2 N–H and O–H groups in total. The molecule has 1 amide bonds. The van der Waals surface area contributed by atoms with Crippen LogP contribution in [0, 0.1) is 0 Å². The van der Waals surface area contributed by atoms with Crippen LogP contribution in [0.1, 0.15) is 21.7 Å². The molecule has 0 fully saturated rings. The fraction of sp³-hybridized carbons (Fsp3) is 0.111. The number of nitrogens with zero attached hydrogens (tertiary/aromatic N) is 2. The van der Waals surface area contributed by atoms with Crippen LogP contribution < -0.4 is 5.32 Å². The molecule has 0 bridgehead atoms. The fourth-order valence-corrected chi connectivity index (χ4v) is 2.52. The molecule has 0 atom stereocenters. The molecule has 3 aromatic rings. The van der Waals surface area contributed by atoms with Gasteiger partial charge in [0, 0.05) is 24.5 Å². The molecule has 0 unspecified atom stereocenters. The third-order valence-electron chi connectivity index (χ3n) is 3.61. The van der Waals surface area contributed by atoms with E-state index in [9.17, 15) is 9.90 Å². The van der Waals surface area contributed by atoms with Crippen molar-refractivity contribution in [2.45, 2.75) is 13.1 Å². The number of halogens is 1. The lowest BCUT2D eigenvalue weighted by molar-refractivity contribution is 0.0949. The standard InChI is InChI=1S/C18H16ClN3O2/c19-15-10-14(6-7-16(15)23)18(24)21-11-17-20-8-9-22(17)12-13-4-2-1-3-5-13/h1-10,23H,11-12H2,(H,21,24). The molecular formula is C18H16ClN3O2. The van der Waals surface area contributed by atoms with E-state index in [1.54, 1.807) is 6.20 Å². The molecule has 0 aliphatic rings. The first-order chi connectivity index (χ1) is 11.6. The lowest BCUT2D eigenvalue weighted by Crippen LogP contribution is -2.24. The first kappa shape index (κ1) is 16.1. The van der Waals surface area contributed by atoms with Gasteiger partial charge in [-0.05, 0) is 23.8 Å². The molecule has 1 heterocycles. The summed E-state index contributed by atoms with van der Waals surface area (Å²) in [5, 5.41) is 12.4. The monoisotopic (exact) mass is 341 g/mol. The second-order valence-electron chi connectivity index (χ2n) is 5.31. The van der Waals surface area contributed by atoms with E-state index < -0.39 is 0 Å². The predicted octanol–water partition coefficient (Wildman–Crippen LogP) is 3.22. The first-order valence-corrected chi connectivity index (χ1v) is 7.82. The van der Waals surface area contributed by atoms with Crippen LogP contribution in [-0.4, -0.2) is 20.6 Å². The minimum atomic E-state index is -0.272. The van der Waals surface area contributed by atoms with Crippen molar-refractivity contribution >= 4 is 17.5 Å². The Kier molecular flexibility index (Phi) is 4.82. The quantitative estimate of drug-likeness (QED) is 0.748. The zero-order valence-corrected chi connectivity index (χ0v) is 13.6. The maximum atomic E-state index is 12.2. The molecule has 0 radical (unpaired) electrons. The van der Waals surface area contributed by atoms with Gasteiger partial charge >= 0.3 is 0 Å². The molecule has 3 rings (SSSR count). The van der Waals surface area contributed by atoms with Gasteiger partial charge in [0.05, 0.1) is 11.6 Å². The number of aromatic hydroxyl groups is 1. The molecule has 1 aromatic heterocycles. The smallest absolute Gasteiger partial charge is 0.251 e. The van der Waals surface area contributed by atoms with E-state index in [4.69, 9.17) is 11.6 Å². The van der Waals surface area contributed by atoms with E-state index in [0.29, 0.717) is 18.7 Å². The van der Waals surface area contributed by atoms with Gasteiger partial charge in [-0.15, -0.1) is 0 Å². The van der Waals surface area contributed by atoms with Gasteiger partial charge in [0.15, 0.2) is 0 Å². The number of hydrogen-bond donors (Lipinski definition) is 2. The maximum absolute atomic E-state index is 12.2. The average Bonchev–Trinajstić information content (AvgIpc) is 3.03. The highest BCUT2D eigenvalue weighted by molar-refractivity contribution is 6.32. The summed E-state index contributed by atoms with van der Waals surface area (Å²) >= 11 is 5.83. The second-order valence-corrected chi connectivity index (χ2v) is 5.71. The maximum Gasteiger partial charge on any atom is 0.251 e. The molecule has 6 heteroatoms. The van der Waals surface area contributed by atoms with Crippen molar-refractivity contribution < 1.29 is 9.90 Å². The minimum absolute atomic E-state index is 0.0494. The largest absolute Gasteiger partial charge is 0.506 e. The Balaban J connectivity index is 1.66. The number of phenolic OH excluding ortho intramolecular Hbond substituents is 1. The molecular weight excluding hydrogens is 326 g/mol. The molecule has 0 saturated carbocycles. The van der Waals surface area contributed by atoms with Crippen molar-refractivity contribution in [3.05, 3.63) is 82.9 Å². The van der Waals surface area contributed by atoms with E-state index in [0.717, 1.165) is 11.4 Å². The number of aromatic nitrogens is 2. The third kappa shape index (κ3) is 3.75. The van der Waals surface area contributed by atoms with Crippen molar-refractivity contribution in [2.75, 3.05) is 0 Å². The van der Waals surface area contributed by atoms with Gasteiger partial charge in [-0.2, -0.15) is 0 Å². The Labute approximate surface area is 144 Å². The van der Waals surface area contributed by atoms with E-state index in [-0.39, 0.29) is 16.7 Å². The normalized spacial score (nSPS) is 10.5. The van der Waals surface area contributed by atoms with E-state index in [2.05, 4.69) is 10.3 Å². The highest BCUT2D eigenvalue weighted by Gasteiger charge is 2.10. The van der Waals surface area contributed by atoms with Crippen molar-refractivity contribution in [1.29, 1.82) is 0 Å². The average molecular weight is 342 g/mol. The van der Waals surface area contributed by atoms with Gasteiger partial charge in [-0.25, -0.2) is 4.98 Å². The molecule has 5 nitrogen and oxygen atoms in total. The summed E-state index contributed by atoms with van der Waals surface area (Å²) in [6.45, 7) is 0.994. The van der Waals surface area contributed by atoms with Crippen LogP contribution >= 0.6 is 11.6 Å². The summed E-state index contributed by atoms with van der Waals surface area (Å²) in [4.78, 5) is 16.5. The van der Waals surface area contributed by atoms with Gasteiger partial charge in [0.1, 0.15) is 11.6 Å². The molecule has 122 valence electrons. The number of imidazole rings is 1. The van der Waals surface area contributed by atoms with E-state index >= 15 is 0 Å². The van der Waals surface area contributed by atoms with E-state index in [1.165, 1.54) is 18.2 Å². The van der Waals surface area contributed by atoms with Crippen molar-refractivity contribution in [1.82, 2.24) is 14.9 Å². The number of nitrogens with one attached hydrogen (secondary N) is 1. The molecule has 0 aliphatic carbocycles. The van der Waals surface area contributed by atoms with Crippen LogP contribution in [0.15, 0.2) is 60.9 Å². The fourth-order valence-electron chi connectivity index (χ4n) is 2.34. The SMILES string of the molecule is O=C(NCc1nccn1Cc1ccccc1)c1ccc(O)c(Cl)c1. The van der Waals surface area contributed by atoms with E-state index in [1.807, 2.05) is 41.1 Å². The predicted molar refractivity (Wildman–Crippen MR) is 92.1 cm³/mol. The van der Waals surface area contributed by atoms with Crippen LogP contribution in [0.4, 0.5) is 0 Å². The van der Waals surface area contributed by atoms with Gasteiger partial charge in [-0.3, -0.25) is 4.79 Å². The minimum Gasteiger partial charge on any atom is -0.506 e. The van der Waals surface area contributed by atoms with Crippen LogP contribution in [0.25, 0.3) is 0 Å². The third-order valence-corrected chi connectivity index (χ3v) is 3.92. The molecule has 0 spiro atoms. The number of rotatable bonds is 5. The summed E-state index contributed by atoms with van der Waals surface area (Å²) in [5.41, 5.74) is 1.55. The number of phenols is 1. The second kappa shape index (κ2) is 7.19. The van der Waals surface area contributed by atoms with Crippen molar-refractivity contribution in [2.24, 2.45) is 0 Å². The Morgan fingerprint density at radius 3 is 2.75 bits per heavy atom. The van der Waals surface area contributed by atoms with Gasteiger partial charge in [-0.1, -0.05) is 41.9 Å². The van der Waals surface area contributed by atoms with Crippen LogP contribution in [0.2, 0.25) is 5.02 Å². The lowest BCUT2D eigenvalue weighted by atomic mass is 10.2. The number of amides is 1. The Morgan fingerprint density at radius 2 is 2.00 bits per heavy atom. The zero-order valence-electron chi connectivity index (χ0n) is 12.8. The molecule has 0 aliphatic heterocycles. The number of carbonyl (C=O) groups is 1. The number of benzene rings is 2. The summed E-state index contributed by atoms with van der Waals surface area (Å²) in [5.74, 6) is 0.440. The molecule has 24 heavy (non-hydrogen) atoms. The topological polar surface area (TPSA) is 67.2 Å². The number of hydrogen-bond acceptors (Lipinski definition) is 3. The van der Waals surface area contributed by atoms with Gasteiger partial charge in [0.25, 0.3) is 5.91 Å². The Hall–Kier alpha value is -2.79. The summed E-state index contributed by atoms with van der Waals surface area (Å²) in [6, 6.07) is 14.4. The van der Waals surface area contributed by atoms with Crippen molar-refractivity contribution in [3.8, 4) is 5.75 Å². The van der Waals surface area contributed by atoms with Crippen LogP contribution in [0.5, 0.6) is 5.75 Å². The van der Waals surface area contributed by atoms with Gasteiger partial charge < -0.3 is 15.0 Å². The Morgan fingerprint density at radius 1 is 1.21 bits per heavy atom. The highest BCUT2D eigenvalue weighted by Crippen LogP contribution is 2.23.